The van der Waals surface area contributed by atoms with E-state index in [2.05, 4.69) is 137 Å². The van der Waals surface area contributed by atoms with E-state index in [1.807, 2.05) is 6.20 Å². The highest BCUT2D eigenvalue weighted by Gasteiger charge is 2.40. The number of rotatable bonds is 4. The third-order valence-corrected chi connectivity index (χ3v) is 12.3. The van der Waals surface area contributed by atoms with E-state index < -0.39 is 8.07 Å². The van der Waals surface area contributed by atoms with Gasteiger partial charge >= 0.3 is 0 Å². The summed E-state index contributed by atoms with van der Waals surface area (Å²) in [7, 11) is -2.41. The van der Waals surface area contributed by atoms with E-state index in [-0.39, 0.29) is 5.41 Å². The molecule has 0 atom stereocenters. The largest absolute Gasteiger partial charge is 0.463 e. The van der Waals surface area contributed by atoms with Crippen LogP contribution in [0.2, 0.25) is 6.55 Å². The van der Waals surface area contributed by atoms with Gasteiger partial charge in [-0.3, -0.25) is 4.98 Å². The normalized spacial score (nSPS) is 12.3. The van der Waals surface area contributed by atoms with Crippen LogP contribution in [0.5, 0.6) is 0 Å². The molecule has 2 nitrogen and oxygen atoms in total. The molecule has 3 heteroatoms. The van der Waals surface area contributed by atoms with Crippen LogP contribution >= 0.6 is 0 Å². The second-order valence-corrected chi connectivity index (χ2v) is 15.3. The van der Waals surface area contributed by atoms with Crippen LogP contribution in [-0.4, -0.2) is 13.1 Å². The molecule has 0 radical (unpaired) electrons. The molecule has 0 aliphatic heterocycles. The van der Waals surface area contributed by atoms with Gasteiger partial charge in [0.05, 0.1) is 5.38 Å². The second kappa shape index (κ2) is 9.11. The molecule has 0 saturated heterocycles. The fraction of sp³-hybridized carbons (Fsp3) is 0.171. The summed E-state index contributed by atoms with van der Waals surface area (Å²) in [5.41, 5.74) is 5.41. The van der Waals surface area contributed by atoms with E-state index in [9.17, 15) is 0 Å². The van der Waals surface area contributed by atoms with E-state index >= 15 is 0 Å². The molecule has 2 aromatic heterocycles. The Hall–Kier alpha value is -3.95. The van der Waals surface area contributed by atoms with Crippen molar-refractivity contribution in [3.8, 4) is 11.3 Å². The first-order valence-corrected chi connectivity index (χ1v) is 15.8. The molecule has 0 fully saturated rings. The standard InChI is InChI=1S/C35H33NOSi/c1-24-29-20-21-36-32(26-22-25-14-12-13-19-30(25)31(23-26)35(2,3)4)33(29)37-34(24)38(5,27-15-8-6-9-16-27)28-17-10-7-11-18-28/h6-23H,1-5H3. The Labute approximate surface area is 226 Å². The number of aryl methyl sites for hydroxylation is 1. The van der Waals surface area contributed by atoms with Crippen molar-refractivity contribution in [2.75, 3.05) is 0 Å². The molecule has 188 valence electrons. The zero-order chi connectivity index (χ0) is 26.5. The fourth-order valence-corrected chi connectivity index (χ4v) is 9.64. The van der Waals surface area contributed by atoms with Gasteiger partial charge in [-0.25, -0.2) is 0 Å². The van der Waals surface area contributed by atoms with E-state index in [1.54, 1.807) is 0 Å². The maximum absolute atomic E-state index is 7.00. The Morgan fingerprint density at radius 2 is 1.32 bits per heavy atom. The Morgan fingerprint density at radius 3 is 1.95 bits per heavy atom. The van der Waals surface area contributed by atoms with Gasteiger partial charge in [-0.05, 0) is 62.8 Å². The first-order valence-electron chi connectivity index (χ1n) is 13.3. The summed E-state index contributed by atoms with van der Waals surface area (Å²) in [6, 6.07) is 37.1. The molecule has 0 saturated carbocycles. The molecule has 0 unspecified atom stereocenters. The van der Waals surface area contributed by atoms with E-state index in [4.69, 9.17) is 9.40 Å². The maximum Gasteiger partial charge on any atom is 0.190 e. The third kappa shape index (κ3) is 3.90. The quantitative estimate of drug-likeness (QED) is 0.231. The SMILES string of the molecule is Cc1c([Si](C)(c2ccccc2)c2ccccc2)oc2c(-c3cc(C(C)(C)C)c4ccccc4c3)nccc12. The molecule has 0 aliphatic rings. The lowest BCUT2D eigenvalue weighted by Crippen LogP contribution is -2.65. The van der Waals surface area contributed by atoms with Gasteiger partial charge in [0.25, 0.3) is 0 Å². The lowest BCUT2D eigenvalue weighted by atomic mass is 9.82. The zero-order valence-electron chi connectivity index (χ0n) is 22.7. The van der Waals surface area contributed by atoms with Crippen LogP contribution in [0, 0.1) is 6.92 Å². The van der Waals surface area contributed by atoms with Gasteiger partial charge in [0.2, 0.25) is 0 Å². The molecule has 2 heterocycles. The summed E-state index contributed by atoms with van der Waals surface area (Å²) in [6.45, 7) is 11.4. The molecule has 0 spiro atoms. The van der Waals surface area contributed by atoms with Crippen molar-refractivity contribution in [3.05, 3.63) is 120 Å². The number of furan rings is 1. The smallest absolute Gasteiger partial charge is 0.190 e. The van der Waals surface area contributed by atoms with Gasteiger partial charge in [-0.2, -0.15) is 0 Å². The number of aromatic nitrogens is 1. The third-order valence-electron chi connectivity index (χ3n) is 7.95. The van der Waals surface area contributed by atoms with Gasteiger partial charge in [-0.15, -0.1) is 0 Å². The lowest BCUT2D eigenvalue weighted by Gasteiger charge is -2.27. The first kappa shape index (κ1) is 24.4. The van der Waals surface area contributed by atoms with Crippen molar-refractivity contribution in [2.24, 2.45) is 0 Å². The monoisotopic (exact) mass is 511 g/mol. The Morgan fingerprint density at radius 1 is 0.711 bits per heavy atom. The van der Waals surface area contributed by atoms with Crippen LogP contribution in [0.25, 0.3) is 33.0 Å². The van der Waals surface area contributed by atoms with Crippen molar-refractivity contribution >= 4 is 45.6 Å². The molecule has 0 bridgehead atoms. The average Bonchev–Trinajstić information content (AvgIpc) is 3.29. The van der Waals surface area contributed by atoms with Gasteiger partial charge in [0.1, 0.15) is 5.69 Å². The number of hydrogen-bond acceptors (Lipinski definition) is 2. The first-order chi connectivity index (χ1) is 18.3. The minimum absolute atomic E-state index is 0.000144. The molecular formula is C35H33NOSi. The molecule has 4 aromatic carbocycles. The maximum atomic E-state index is 7.00. The molecule has 6 rings (SSSR count). The van der Waals surface area contributed by atoms with Crippen LogP contribution in [0.4, 0.5) is 0 Å². The zero-order valence-corrected chi connectivity index (χ0v) is 23.7. The van der Waals surface area contributed by atoms with E-state index in [0.29, 0.717) is 0 Å². The summed E-state index contributed by atoms with van der Waals surface area (Å²) in [4.78, 5) is 4.91. The Kier molecular flexibility index (Phi) is 5.84. The fourth-order valence-electron chi connectivity index (χ4n) is 5.87. The van der Waals surface area contributed by atoms with Crippen LogP contribution in [0.3, 0.4) is 0 Å². The van der Waals surface area contributed by atoms with Gasteiger partial charge < -0.3 is 4.42 Å². The van der Waals surface area contributed by atoms with Gasteiger partial charge in [0.15, 0.2) is 13.7 Å². The highest BCUT2D eigenvalue weighted by Crippen LogP contribution is 2.37. The predicted octanol–water partition coefficient (Wildman–Crippen LogP) is 7.35. The number of fused-ring (bicyclic) bond motifs is 2. The molecule has 38 heavy (non-hydrogen) atoms. The van der Waals surface area contributed by atoms with Crippen molar-refractivity contribution in [1.82, 2.24) is 4.98 Å². The summed E-state index contributed by atoms with van der Waals surface area (Å²) in [5, 5.41) is 7.43. The van der Waals surface area contributed by atoms with Crippen molar-refractivity contribution in [3.63, 3.8) is 0 Å². The number of benzene rings is 4. The minimum atomic E-state index is -2.41. The molecule has 0 N–H and O–H groups in total. The molecule has 0 aliphatic carbocycles. The Balaban J connectivity index is 1.63. The second-order valence-electron chi connectivity index (χ2n) is 11.4. The van der Waals surface area contributed by atoms with Crippen LogP contribution in [0.15, 0.2) is 114 Å². The number of nitrogens with zero attached hydrogens (tertiary/aromatic N) is 1. The van der Waals surface area contributed by atoms with Gasteiger partial charge in [0, 0.05) is 17.1 Å². The predicted molar refractivity (Wildman–Crippen MR) is 164 cm³/mol. The lowest BCUT2D eigenvalue weighted by molar-refractivity contribution is 0.596. The van der Waals surface area contributed by atoms with Crippen molar-refractivity contribution < 1.29 is 4.42 Å². The summed E-state index contributed by atoms with van der Waals surface area (Å²) < 4.78 is 7.00. The summed E-state index contributed by atoms with van der Waals surface area (Å²) in [6.07, 6.45) is 1.93. The summed E-state index contributed by atoms with van der Waals surface area (Å²) >= 11 is 0. The molecule has 0 amide bonds. The van der Waals surface area contributed by atoms with Crippen LogP contribution in [-0.2, 0) is 5.41 Å². The topological polar surface area (TPSA) is 26.0 Å². The molecular weight excluding hydrogens is 478 g/mol. The number of pyridine rings is 1. The number of hydrogen-bond donors (Lipinski definition) is 0. The molecule has 6 aromatic rings. The van der Waals surface area contributed by atoms with Crippen LogP contribution < -0.4 is 15.8 Å². The van der Waals surface area contributed by atoms with E-state index in [0.717, 1.165) is 27.6 Å². The Bertz CT molecular complexity index is 1720. The van der Waals surface area contributed by atoms with Crippen LogP contribution in [0.1, 0.15) is 31.9 Å². The highest BCUT2D eigenvalue weighted by atomic mass is 28.3. The highest BCUT2D eigenvalue weighted by molar-refractivity contribution is 7.10. The minimum Gasteiger partial charge on any atom is -0.463 e. The van der Waals surface area contributed by atoms with Crippen molar-refractivity contribution in [2.45, 2.75) is 39.7 Å². The van der Waals surface area contributed by atoms with Gasteiger partial charge in [-0.1, -0.05) is 112 Å². The average molecular weight is 512 g/mol. The van der Waals surface area contributed by atoms with Crippen molar-refractivity contribution in [1.29, 1.82) is 0 Å². The van der Waals surface area contributed by atoms with E-state index in [1.165, 1.54) is 32.3 Å². The summed E-state index contributed by atoms with van der Waals surface area (Å²) in [5.74, 6) is 0.